The Bertz CT molecular complexity index is 205. The summed E-state index contributed by atoms with van der Waals surface area (Å²) in [5, 5.41) is 7.21. The molecule has 0 aliphatic carbocycles. The van der Waals surface area contributed by atoms with E-state index < -0.39 is 0 Å². The van der Waals surface area contributed by atoms with Crippen LogP contribution in [-0.4, -0.2) is 20.9 Å². The second kappa shape index (κ2) is 2.95. The van der Waals surface area contributed by atoms with E-state index in [1.165, 1.54) is 0 Å². The van der Waals surface area contributed by atoms with Gasteiger partial charge in [-0.1, -0.05) is 5.21 Å². The lowest BCUT2D eigenvalue weighted by molar-refractivity contribution is -0.118. The topological polar surface area (TPSA) is 73.8 Å². The molecule has 1 aromatic heterocycles. The number of nitrogens with zero attached hydrogens (tertiary/aromatic N) is 3. The van der Waals surface area contributed by atoms with E-state index in [-0.39, 0.29) is 5.91 Å². The van der Waals surface area contributed by atoms with E-state index in [1.54, 1.807) is 17.1 Å². The molecule has 54 valence electrons. The van der Waals surface area contributed by atoms with Gasteiger partial charge in [-0.3, -0.25) is 9.48 Å². The highest BCUT2D eigenvalue weighted by atomic mass is 16.1. The first kappa shape index (κ1) is 6.73. The van der Waals surface area contributed by atoms with Crippen molar-refractivity contribution in [3.05, 3.63) is 12.4 Å². The second-order valence-corrected chi connectivity index (χ2v) is 1.88. The van der Waals surface area contributed by atoms with Crippen molar-refractivity contribution < 1.29 is 4.79 Å². The van der Waals surface area contributed by atoms with Crippen LogP contribution in [0, 0.1) is 0 Å². The van der Waals surface area contributed by atoms with Gasteiger partial charge < -0.3 is 5.73 Å². The average molecular weight is 140 g/mol. The lowest BCUT2D eigenvalue weighted by Gasteiger charge is -1.94. The number of rotatable bonds is 3. The zero-order chi connectivity index (χ0) is 7.40. The first-order chi connectivity index (χ1) is 4.79. The fourth-order valence-corrected chi connectivity index (χ4v) is 0.577. The van der Waals surface area contributed by atoms with Gasteiger partial charge in [0.05, 0.1) is 12.7 Å². The number of primary amides is 1. The van der Waals surface area contributed by atoms with Crippen molar-refractivity contribution in [1.29, 1.82) is 0 Å². The lowest BCUT2D eigenvalue weighted by Crippen LogP contribution is -2.14. The molecule has 0 radical (unpaired) electrons. The first-order valence-electron chi connectivity index (χ1n) is 2.91. The van der Waals surface area contributed by atoms with E-state index in [0.29, 0.717) is 13.0 Å². The van der Waals surface area contributed by atoms with Crippen molar-refractivity contribution in [1.82, 2.24) is 15.0 Å². The Morgan fingerprint density at radius 1 is 1.70 bits per heavy atom. The van der Waals surface area contributed by atoms with Crippen LogP contribution in [0.1, 0.15) is 6.42 Å². The molecule has 10 heavy (non-hydrogen) atoms. The van der Waals surface area contributed by atoms with Gasteiger partial charge in [-0.25, -0.2) is 0 Å². The van der Waals surface area contributed by atoms with Crippen molar-refractivity contribution >= 4 is 5.91 Å². The number of carbonyl (C=O) groups excluding carboxylic acids is 1. The third-order valence-corrected chi connectivity index (χ3v) is 1.06. The average Bonchev–Trinajstić information content (AvgIpc) is 2.34. The molecule has 0 atom stereocenters. The second-order valence-electron chi connectivity index (χ2n) is 1.88. The quantitative estimate of drug-likeness (QED) is 0.594. The molecule has 2 N–H and O–H groups in total. The van der Waals surface area contributed by atoms with Gasteiger partial charge >= 0.3 is 0 Å². The predicted molar refractivity (Wildman–Crippen MR) is 33.8 cm³/mol. The normalized spacial score (nSPS) is 9.60. The molecule has 0 saturated heterocycles. The summed E-state index contributed by atoms with van der Waals surface area (Å²) in [7, 11) is 0. The highest BCUT2D eigenvalue weighted by Crippen LogP contribution is 1.84. The highest BCUT2D eigenvalue weighted by Gasteiger charge is 1.94. The fourth-order valence-electron chi connectivity index (χ4n) is 0.577. The number of hydrogen-bond donors (Lipinski definition) is 1. The fraction of sp³-hybridized carbons (Fsp3) is 0.400. The molecular weight excluding hydrogens is 132 g/mol. The van der Waals surface area contributed by atoms with Gasteiger partial charge in [0.15, 0.2) is 0 Å². The van der Waals surface area contributed by atoms with Crippen molar-refractivity contribution in [2.24, 2.45) is 5.73 Å². The molecule has 1 rings (SSSR count). The first-order valence-corrected chi connectivity index (χ1v) is 2.91. The van der Waals surface area contributed by atoms with Crippen LogP contribution in [0.25, 0.3) is 0 Å². The van der Waals surface area contributed by atoms with Crippen LogP contribution >= 0.6 is 0 Å². The van der Waals surface area contributed by atoms with E-state index in [0.717, 1.165) is 0 Å². The Morgan fingerprint density at radius 2 is 2.50 bits per heavy atom. The number of nitrogens with two attached hydrogens (primary N) is 1. The molecule has 0 aliphatic rings. The molecule has 0 fully saturated rings. The van der Waals surface area contributed by atoms with Gasteiger partial charge in [0.25, 0.3) is 0 Å². The van der Waals surface area contributed by atoms with Crippen molar-refractivity contribution in [2.45, 2.75) is 13.0 Å². The summed E-state index contributed by atoms with van der Waals surface area (Å²) in [4.78, 5) is 10.3. The summed E-state index contributed by atoms with van der Waals surface area (Å²) >= 11 is 0. The lowest BCUT2D eigenvalue weighted by atomic mass is 10.4. The molecule has 0 saturated carbocycles. The number of aromatic nitrogens is 3. The van der Waals surface area contributed by atoms with Gasteiger partial charge in [0, 0.05) is 12.6 Å². The van der Waals surface area contributed by atoms with Crippen LogP contribution in [0.2, 0.25) is 0 Å². The molecule has 1 amide bonds. The number of aryl methyl sites for hydroxylation is 1. The highest BCUT2D eigenvalue weighted by molar-refractivity contribution is 5.73. The maximum Gasteiger partial charge on any atom is 0.219 e. The van der Waals surface area contributed by atoms with Gasteiger partial charge in [-0.05, 0) is 0 Å². The Kier molecular flexibility index (Phi) is 1.99. The van der Waals surface area contributed by atoms with Gasteiger partial charge in [-0.2, -0.15) is 0 Å². The van der Waals surface area contributed by atoms with Crippen LogP contribution in [0.3, 0.4) is 0 Å². The molecule has 0 spiro atoms. The van der Waals surface area contributed by atoms with Crippen LogP contribution in [0.15, 0.2) is 12.4 Å². The van der Waals surface area contributed by atoms with Crippen LogP contribution in [-0.2, 0) is 11.3 Å². The molecule has 1 heterocycles. The number of hydrogen-bond acceptors (Lipinski definition) is 3. The minimum absolute atomic E-state index is 0.309. The van der Waals surface area contributed by atoms with E-state index in [2.05, 4.69) is 10.3 Å². The predicted octanol–water partition coefficient (Wildman–Crippen LogP) is -0.847. The Morgan fingerprint density at radius 3 is 3.00 bits per heavy atom. The minimum atomic E-state index is -0.324. The van der Waals surface area contributed by atoms with Crippen LogP contribution in [0.4, 0.5) is 0 Å². The van der Waals surface area contributed by atoms with E-state index in [1.807, 2.05) is 0 Å². The molecule has 1 aromatic rings. The van der Waals surface area contributed by atoms with E-state index in [9.17, 15) is 4.79 Å². The molecule has 0 aromatic carbocycles. The van der Waals surface area contributed by atoms with Gasteiger partial charge in [-0.15, -0.1) is 5.10 Å². The molecule has 0 bridgehead atoms. The monoisotopic (exact) mass is 140 g/mol. The molecule has 5 heteroatoms. The smallest absolute Gasteiger partial charge is 0.219 e. The third kappa shape index (κ3) is 1.85. The van der Waals surface area contributed by atoms with Crippen LogP contribution in [0.5, 0.6) is 0 Å². The van der Waals surface area contributed by atoms with E-state index in [4.69, 9.17) is 5.73 Å². The van der Waals surface area contributed by atoms with Gasteiger partial charge in [0.1, 0.15) is 0 Å². The van der Waals surface area contributed by atoms with E-state index >= 15 is 0 Å². The summed E-state index contributed by atoms with van der Waals surface area (Å²) in [6, 6.07) is 0. The van der Waals surface area contributed by atoms with Crippen molar-refractivity contribution in [2.75, 3.05) is 0 Å². The Labute approximate surface area is 57.8 Å². The maximum atomic E-state index is 10.3. The molecule has 5 nitrogen and oxygen atoms in total. The van der Waals surface area contributed by atoms with Crippen LogP contribution < -0.4 is 5.73 Å². The number of amides is 1. The van der Waals surface area contributed by atoms with Crippen molar-refractivity contribution in [3.8, 4) is 0 Å². The Hall–Kier alpha value is -1.39. The zero-order valence-electron chi connectivity index (χ0n) is 5.40. The molecule has 0 unspecified atom stereocenters. The van der Waals surface area contributed by atoms with Crippen molar-refractivity contribution in [3.63, 3.8) is 0 Å². The molecular formula is C5H8N4O. The SMILES string of the molecule is NC(=O)CCn1ccnn1. The summed E-state index contributed by atoms with van der Waals surface area (Å²) in [5.74, 6) is -0.324. The summed E-state index contributed by atoms with van der Waals surface area (Å²) in [6.45, 7) is 0.509. The third-order valence-electron chi connectivity index (χ3n) is 1.06. The maximum absolute atomic E-state index is 10.3. The largest absolute Gasteiger partial charge is 0.370 e. The standard InChI is InChI=1S/C5H8N4O/c6-5(10)1-3-9-4-2-7-8-9/h2,4H,1,3H2,(H2,6,10). The van der Waals surface area contributed by atoms with Gasteiger partial charge in [0.2, 0.25) is 5.91 Å². The number of carbonyl (C=O) groups is 1. The zero-order valence-corrected chi connectivity index (χ0v) is 5.40. The Balaban J connectivity index is 2.35. The minimum Gasteiger partial charge on any atom is -0.370 e. The summed E-state index contributed by atoms with van der Waals surface area (Å²) in [6.07, 6.45) is 3.55. The summed E-state index contributed by atoms with van der Waals surface area (Å²) < 4.78 is 1.56. The summed E-state index contributed by atoms with van der Waals surface area (Å²) in [5.41, 5.74) is 4.91. The molecule has 0 aliphatic heterocycles.